The van der Waals surface area contributed by atoms with Gasteiger partial charge >= 0.3 is 0 Å². The maximum absolute atomic E-state index is 5.21. The topological polar surface area (TPSA) is 27.1 Å². The van der Waals surface area contributed by atoms with Gasteiger partial charge in [-0.1, -0.05) is 27.7 Å². The molecular weight excluding hydrogens is 212 g/mol. The third-order valence-electron chi connectivity index (χ3n) is 2.14. The van der Waals surface area contributed by atoms with Crippen LogP contribution >= 0.6 is 0 Å². The van der Waals surface area contributed by atoms with E-state index in [1.165, 1.54) is 0 Å². The number of fused-ring (bicyclic) bond motifs is 1. The summed E-state index contributed by atoms with van der Waals surface area (Å²) in [6, 6.07) is 4.05. The minimum Gasteiger partial charge on any atom is -0.496 e. The molecule has 0 bridgehead atoms. The van der Waals surface area contributed by atoms with Crippen LogP contribution in [0.3, 0.4) is 0 Å². The number of nitrogens with zero attached hydrogens (tertiary/aromatic N) is 2. The molecule has 0 aliphatic carbocycles. The SMILES string of the molecule is CC.CC.COc1cc2nn(C)cc2cc1C. The van der Waals surface area contributed by atoms with Gasteiger partial charge < -0.3 is 4.74 Å². The van der Waals surface area contributed by atoms with E-state index in [0.717, 1.165) is 22.2 Å². The predicted octanol–water partition coefficient (Wildman–Crippen LogP) is 3.94. The molecule has 3 heteroatoms. The van der Waals surface area contributed by atoms with E-state index in [4.69, 9.17) is 4.74 Å². The predicted molar refractivity (Wildman–Crippen MR) is 74.7 cm³/mol. The highest BCUT2D eigenvalue weighted by atomic mass is 16.5. The van der Waals surface area contributed by atoms with Crippen molar-refractivity contribution in [3.8, 4) is 5.75 Å². The van der Waals surface area contributed by atoms with Crippen LogP contribution in [-0.4, -0.2) is 16.9 Å². The number of rotatable bonds is 1. The van der Waals surface area contributed by atoms with Crippen LogP contribution in [0.4, 0.5) is 0 Å². The second-order valence-electron chi connectivity index (χ2n) is 3.18. The van der Waals surface area contributed by atoms with Crippen LogP contribution in [0, 0.1) is 6.92 Å². The Morgan fingerprint density at radius 2 is 1.71 bits per heavy atom. The molecule has 3 nitrogen and oxygen atoms in total. The van der Waals surface area contributed by atoms with Crippen molar-refractivity contribution >= 4 is 10.9 Å². The lowest BCUT2D eigenvalue weighted by atomic mass is 10.1. The van der Waals surface area contributed by atoms with Crippen LogP contribution < -0.4 is 4.74 Å². The molecule has 2 rings (SSSR count). The molecule has 0 aliphatic rings. The fraction of sp³-hybridized carbons (Fsp3) is 0.500. The maximum Gasteiger partial charge on any atom is 0.124 e. The van der Waals surface area contributed by atoms with Gasteiger partial charge in [0.05, 0.1) is 12.6 Å². The van der Waals surface area contributed by atoms with Crippen LogP contribution in [0.2, 0.25) is 0 Å². The van der Waals surface area contributed by atoms with Crippen molar-refractivity contribution in [2.24, 2.45) is 7.05 Å². The molecule has 1 heterocycles. The van der Waals surface area contributed by atoms with E-state index in [0.29, 0.717) is 0 Å². The van der Waals surface area contributed by atoms with Gasteiger partial charge in [0.1, 0.15) is 5.75 Å². The fourth-order valence-corrected chi connectivity index (χ4v) is 1.51. The lowest BCUT2D eigenvalue weighted by molar-refractivity contribution is 0.412. The second kappa shape index (κ2) is 7.71. The van der Waals surface area contributed by atoms with Gasteiger partial charge in [-0.3, -0.25) is 4.68 Å². The minimum atomic E-state index is 0.895. The molecule has 0 N–H and O–H groups in total. The average Bonchev–Trinajstić information content (AvgIpc) is 2.72. The Bertz CT molecular complexity index is 447. The number of hydrogen-bond donors (Lipinski definition) is 0. The largest absolute Gasteiger partial charge is 0.496 e. The molecule has 0 saturated heterocycles. The third-order valence-corrected chi connectivity index (χ3v) is 2.14. The smallest absolute Gasteiger partial charge is 0.124 e. The van der Waals surface area contributed by atoms with Gasteiger partial charge in [0.25, 0.3) is 0 Å². The molecule has 0 atom stereocenters. The van der Waals surface area contributed by atoms with Crippen molar-refractivity contribution in [2.75, 3.05) is 7.11 Å². The molecule has 96 valence electrons. The summed E-state index contributed by atoms with van der Waals surface area (Å²) in [6.07, 6.45) is 2.00. The average molecular weight is 236 g/mol. The van der Waals surface area contributed by atoms with Crippen molar-refractivity contribution in [2.45, 2.75) is 34.6 Å². The zero-order chi connectivity index (χ0) is 13.4. The Morgan fingerprint density at radius 3 is 2.24 bits per heavy atom. The Morgan fingerprint density at radius 1 is 1.12 bits per heavy atom. The quantitative estimate of drug-likeness (QED) is 0.749. The van der Waals surface area contributed by atoms with Gasteiger partial charge in [-0.2, -0.15) is 5.10 Å². The van der Waals surface area contributed by atoms with E-state index >= 15 is 0 Å². The number of aromatic nitrogens is 2. The van der Waals surface area contributed by atoms with E-state index in [-0.39, 0.29) is 0 Å². The van der Waals surface area contributed by atoms with Crippen LogP contribution in [0.15, 0.2) is 18.3 Å². The molecule has 0 unspecified atom stereocenters. The number of aryl methyl sites for hydroxylation is 2. The highest BCUT2D eigenvalue weighted by Crippen LogP contribution is 2.23. The number of ether oxygens (including phenoxy) is 1. The zero-order valence-electron chi connectivity index (χ0n) is 12.0. The summed E-state index contributed by atoms with van der Waals surface area (Å²) in [6.45, 7) is 10.0. The van der Waals surface area contributed by atoms with Crippen molar-refractivity contribution < 1.29 is 4.74 Å². The molecule has 0 radical (unpaired) electrons. The van der Waals surface area contributed by atoms with Crippen molar-refractivity contribution in [1.82, 2.24) is 9.78 Å². The fourth-order valence-electron chi connectivity index (χ4n) is 1.51. The van der Waals surface area contributed by atoms with Gasteiger partial charge in [0, 0.05) is 24.7 Å². The van der Waals surface area contributed by atoms with Crippen LogP contribution in [0.5, 0.6) is 5.75 Å². The molecule has 0 fully saturated rings. The van der Waals surface area contributed by atoms with Crippen molar-refractivity contribution in [3.05, 3.63) is 23.9 Å². The molecule has 1 aromatic heterocycles. The van der Waals surface area contributed by atoms with Gasteiger partial charge in [-0.15, -0.1) is 0 Å². The lowest BCUT2D eigenvalue weighted by Crippen LogP contribution is -1.87. The number of benzene rings is 1. The summed E-state index contributed by atoms with van der Waals surface area (Å²) in [5.41, 5.74) is 2.12. The Labute approximate surface area is 104 Å². The van der Waals surface area contributed by atoms with Crippen molar-refractivity contribution in [3.63, 3.8) is 0 Å². The normalized spacial score (nSPS) is 8.88. The highest BCUT2D eigenvalue weighted by Gasteiger charge is 2.03. The molecular formula is C14H24N2O. The van der Waals surface area contributed by atoms with Crippen LogP contribution in [0.1, 0.15) is 33.3 Å². The maximum atomic E-state index is 5.21. The van der Waals surface area contributed by atoms with Gasteiger partial charge in [0.15, 0.2) is 0 Å². The third kappa shape index (κ3) is 3.77. The number of methoxy groups -OCH3 is 1. The monoisotopic (exact) mass is 236 g/mol. The summed E-state index contributed by atoms with van der Waals surface area (Å²) in [7, 11) is 3.60. The van der Waals surface area contributed by atoms with E-state index in [1.54, 1.807) is 7.11 Å². The summed E-state index contributed by atoms with van der Waals surface area (Å²) in [4.78, 5) is 0. The molecule has 1 aromatic carbocycles. The molecule has 2 aromatic rings. The lowest BCUT2D eigenvalue weighted by Gasteiger charge is -2.02. The van der Waals surface area contributed by atoms with Crippen LogP contribution in [0.25, 0.3) is 10.9 Å². The Kier molecular flexibility index (Phi) is 7.03. The number of hydrogen-bond acceptors (Lipinski definition) is 2. The standard InChI is InChI=1S/C10H12N2O.2C2H6/c1-7-4-8-6-12(2)11-9(8)5-10(7)13-3;2*1-2/h4-6H,1-3H3;2*1-2H3. The van der Waals surface area contributed by atoms with Crippen LogP contribution in [-0.2, 0) is 7.05 Å². The van der Waals surface area contributed by atoms with E-state index in [1.807, 2.05) is 58.6 Å². The molecule has 0 saturated carbocycles. The van der Waals surface area contributed by atoms with Gasteiger partial charge in [-0.25, -0.2) is 0 Å². The van der Waals surface area contributed by atoms with Gasteiger partial charge in [0.2, 0.25) is 0 Å². The summed E-state index contributed by atoms with van der Waals surface area (Å²) < 4.78 is 7.02. The van der Waals surface area contributed by atoms with Crippen molar-refractivity contribution in [1.29, 1.82) is 0 Å². The first-order chi connectivity index (χ1) is 8.20. The Balaban J connectivity index is 0.000000581. The van der Waals surface area contributed by atoms with E-state index in [2.05, 4.69) is 11.2 Å². The molecule has 0 spiro atoms. The highest BCUT2D eigenvalue weighted by molar-refractivity contribution is 5.80. The summed E-state index contributed by atoms with van der Waals surface area (Å²) in [5, 5.41) is 5.45. The van der Waals surface area contributed by atoms with Gasteiger partial charge in [-0.05, 0) is 18.6 Å². The second-order valence-corrected chi connectivity index (χ2v) is 3.18. The minimum absolute atomic E-state index is 0.895. The molecule has 0 amide bonds. The summed E-state index contributed by atoms with van der Waals surface area (Å²) >= 11 is 0. The molecule has 17 heavy (non-hydrogen) atoms. The Hall–Kier alpha value is -1.51. The first kappa shape index (κ1) is 15.5. The van der Waals surface area contributed by atoms with E-state index < -0.39 is 0 Å². The molecule has 0 aliphatic heterocycles. The first-order valence-corrected chi connectivity index (χ1v) is 6.18. The first-order valence-electron chi connectivity index (χ1n) is 6.18. The summed E-state index contributed by atoms with van der Waals surface area (Å²) in [5.74, 6) is 0.895. The van der Waals surface area contributed by atoms with E-state index in [9.17, 15) is 0 Å². The zero-order valence-corrected chi connectivity index (χ0v) is 12.0.